The lowest BCUT2D eigenvalue weighted by atomic mass is 10.00. The Hall–Kier alpha value is -0.610. The van der Waals surface area contributed by atoms with E-state index in [1.165, 1.54) is 32.8 Å². The maximum absolute atomic E-state index is 11.8. The van der Waals surface area contributed by atoms with Gasteiger partial charge in [0.15, 0.2) is 0 Å². The molecule has 0 bridgehead atoms. The first kappa shape index (κ1) is 17.4. The van der Waals surface area contributed by atoms with Crippen molar-refractivity contribution in [2.75, 3.05) is 13.7 Å². The number of rotatable bonds is 7. The summed E-state index contributed by atoms with van der Waals surface area (Å²) in [7, 11) is 1.47. The van der Waals surface area contributed by atoms with Crippen LogP contribution in [0.2, 0.25) is 0 Å². The first-order valence-electron chi connectivity index (χ1n) is 8.10. The van der Waals surface area contributed by atoms with Crippen LogP contribution in [0.25, 0.3) is 0 Å². The number of esters is 1. The van der Waals surface area contributed by atoms with E-state index >= 15 is 0 Å². The van der Waals surface area contributed by atoms with Crippen molar-refractivity contribution in [1.29, 1.82) is 0 Å². The van der Waals surface area contributed by atoms with Crippen LogP contribution in [0.3, 0.4) is 0 Å². The SMILES string of the molecule is COC(=O)C(CC(C)C)NC(C)CC1CCCCCN1. The van der Waals surface area contributed by atoms with Gasteiger partial charge in [-0.2, -0.15) is 0 Å². The maximum atomic E-state index is 11.8. The number of hydrogen-bond acceptors (Lipinski definition) is 4. The first-order chi connectivity index (χ1) is 9.52. The van der Waals surface area contributed by atoms with Crippen LogP contribution in [0.4, 0.5) is 0 Å². The van der Waals surface area contributed by atoms with Crippen molar-refractivity contribution in [3.8, 4) is 0 Å². The molecule has 1 heterocycles. The maximum Gasteiger partial charge on any atom is 0.322 e. The molecule has 0 aliphatic carbocycles. The number of carbonyl (C=O) groups excluding carboxylic acids is 1. The molecule has 2 N–H and O–H groups in total. The van der Waals surface area contributed by atoms with Crippen LogP contribution in [-0.2, 0) is 9.53 Å². The zero-order valence-corrected chi connectivity index (χ0v) is 13.6. The predicted molar refractivity (Wildman–Crippen MR) is 82.7 cm³/mol. The molecule has 0 aromatic carbocycles. The van der Waals surface area contributed by atoms with E-state index in [4.69, 9.17) is 4.74 Å². The van der Waals surface area contributed by atoms with E-state index in [1.54, 1.807) is 0 Å². The van der Waals surface area contributed by atoms with E-state index in [0.29, 0.717) is 18.0 Å². The van der Waals surface area contributed by atoms with Crippen LogP contribution in [0.1, 0.15) is 59.3 Å². The van der Waals surface area contributed by atoms with Gasteiger partial charge in [0, 0.05) is 12.1 Å². The molecule has 0 aromatic rings. The minimum atomic E-state index is -0.180. The Bertz CT molecular complexity index is 274. The molecule has 0 amide bonds. The fraction of sp³-hybridized carbons (Fsp3) is 0.938. The summed E-state index contributed by atoms with van der Waals surface area (Å²) in [4.78, 5) is 11.8. The van der Waals surface area contributed by atoms with Crippen molar-refractivity contribution >= 4 is 5.97 Å². The van der Waals surface area contributed by atoms with Gasteiger partial charge >= 0.3 is 5.97 Å². The molecule has 4 nitrogen and oxygen atoms in total. The second-order valence-corrected chi connectivity index (χ2v) is 6.51. The third kappa shape index (κ3) is 6.71. The second-order valence-electron chi connectivity index (χ2n) is 6.51. The van der Waals surface area contributed by atoms with Gasteiger partial charge in [0.05, 0.1) is 7.11 Å². The lowest BCUT2D eigenvalue weighted by molar-refractivity contribution is -0.143. The van der Waals surface area contributed by atoms with Crippen LogP contribution < -0.4 is 10.6 Å². The van der Waals surface area contributed by atoms with E-state index < -0.39 is 0 Å². The number of ether oxygens (including phenoxy) is 1. The normalized spacial score (nSPS) is 23.1. The minimum absolute atomic E-state index is 0.139. The summed E-state index contributed by atoms with van der Waals surface area (Å²) in [6.45, 7) is 7.57. The summed E-state index contributed by atoms with van der Waals surface area (Å²) in [5.74, 6) is 0.342. The Morgan fingerprint density at radius 2 is 2.05 bits per heavy atom. The highest BCUT2D eigenvalue weighted by Gasteiger charge is 2.23. The van der Waals surface area contributed by atoms with Gasteiger partial charge in [-0.05, 0) is 45.1 Å². The van der Waals surface area contributed by atoms with Crippen LogP contribution in [-0.4, -0.2) is 37.7 Å². The van der Waals surface area contributed by atoms with Gasteiger partial charge in [-0.15, -0.1) is 0 Å². The summed E-state index contributed by atoms with van der Waals surface area (Å²) in [6, 6.07) is 0.728. The highest BCUT2D eigenvalue weighted by atomic mass is 16.5. The van der Waals surface area contributed by atoms with Gasteiger partial charge in [-0.25, -0.2) is 0 Å². The van der Waals surface area contributed by atoms with Gasteiger partial charge < -0.3 is 15.4 Å². The number of nitrogens with one attached hydrogen (secondary N) is 2. The molecule has 0 spiro atoms. The van der Waals surface area contributed by atoms with Gasteiger partial charge in [-0.3, -0.25) is 4.79 Å². The van der Waals surface area contributed by atoms with E-state index in [1.807, 2.05) is 0 Å². The average molecular weight is 284 g/mol. The highest BCUT2D eigenvalue weighted by molar-refractivity contribution is 5.75. The number of hydrogen-bond donors (Lipinski definition) is 2. The largest absolute Gasteiger partial charge is 0.468 e. The molecule has 1 saturated heterocycles. The van der Waals surface area contributed by atoms with Crippen LogP contribution in [0.5, 0.6) is 0 Å². The summed E-state index contributed by atoms with van der Waals surface area (Å²) in [5, 5.41) is 7.07. The Morgan fingerprint density at radius 1 is 1.30 bits per heavy atom. The van der Waals surface area contributed by atoms with Gasteiger partial charge in [0.1, 0.15) is 6.04 Å². The molecule has 0 saturated carbocycles. The van der Waals surface area contributed by atoms with E-state index in [-0.39, 0.29) is 12.0 Å². The van der Waals surface area contributed by atoms with Crippen LogP contribution >= 0.6 is 0 Å². The lowest BCUT2D eigenvalue weighted by Gasteiger charge is -2.26. The fourth-order valence-electron chi connectivity index (χ4n) is 2.99. The molecule has 4 heteroatoms. The Balaban J connectivity index is 2.43. The van der Waals surface area contributed by atoms with Crippen molar-refractivity contribution in [2.24, 2.45) is 5.92 Å². The Kier molecular flexibility index (Phi) is 8.15. The van der Waals surface area contributed by atoms with Gasteiger partial charge in [-0.1, -0.05) is 26.7 Å². The topological polar surface area (TPSA) is 50.4 Å². The van der Waals surface area contributed by atoms with Gasteiger partial charge in [0.25, 0.3) is 0 Å². The molecule has 3 atom stereocenters. The Labute approximate surface area is 124 Å². The molecule has 0 radical (unpaired) electrons. The fourth-order valence-corrected chi connectivity index (χ4v) is 2.99. The molecule has 1 rings (SSSR count). The number of methoxy groups -OCH3 is 1. The van der Waals surface area contributed by atoms with Crippen molar-refractivity contribution in [3.05, 3.63) is 0 Å². The average Bonchev–Trinajstić information content (AvgIpc) is 2.65. The molecule has 20 heavy (non-hydrogen) atoms. The molecule has 1 fully saturated rings. The molecule has 1 aliphatic heterocycles. The van der Waals surface area contributed by atoms with Crippen molar-refractivity contribution in [2.45, 2.75) is 77.4 Å². The predicted octanol–water partition coefficient (Wildman–Crippen LogP) is 2.47. The number of carbonyl (C=O) groups is 1. The van der Waals surface area contributed by atoms with Crippen molar-refractivity contribution in [3.63, 3.8) is 0 Å². The summed E-state index contributed by atoms with van der Waals surface area (Å²) >= 11 is 0. The van der Waals surface area contributed by atoms with Crippen molar-refractivity contribution < 1.29 is 9.53 Å². The minimum Gasteiger partial charge on any atom is -0.468 e. The van der Waals surface area contributed by atoms with Crippen LogP contribution in [0, 0.1) is 5.92 Å². The third-order valence-electron chi connectivity index (χ3n) is 3.98. The summed E-state index contributed by atoms with van der Waals surface area (Å²) in [6.07, 6.45) is 7.09. The summed E-state index contributed by atoms with van der Waals surface area (Å²) < 4.78 is 4.91. The molecule has 118 valence electrons. The smallest absolute Gasteiger partial charge is 0.322 e. The molecule has 3 unspecified atom stereocenters. The lowest BCUT2D eigenvalue weighted by Crippen LogP contribution is -2.46. The third-order valence-corrected chi connectivity index (χ3v) is 3.98. The molecular weight excluding hydrogens is 252 g/mol. The standard InChI is InChI=1S/C16H32N2O2/c1-12(2)10-15(16(19)20-4)18-13(3)11-14-8-6-5-7-9-17-14/h12-15,17-18H,5-11H2,1-4H3. The Morgan fingerprint density at radius 3 is 2.70 bits per heavy atom. The zero-order valence-electron chi connectivity index (χ0n) is 13.6. The zero-order chi connectivity index (χ0) is 15.0. The summed E-state index contributed by atoms with van der Waals surface area (Å²) in [5.41, 5.74) is 0. The molecule has 0 aromatic heterocycles. The first-order valence-corrected chi connectivity index (χ1v) is 8.10. The van der Waals surface area contributed by atoms with E-state index in [2.05, 4.69) is 31.4 Å². The molecular formula is C16H32N2O2. The van der Waals surface area contributed by atoms with Gasteiger partial charge in [0.2, 0.25) is 0 Å². The quantitative estimate of drug-likeness (QED) is 0.705. The van der Waals surface area contributed by atoms with Crippen LogP contribution in [0.15, 0.2) is 0 Å². The van der Waals surface area contributed by atoms with E-state index in [9.17, 15) is 4.79 Å². The van der Waals surface area contributed by atoms with Crippen molar-refractivity contribution in [1.82, 2.24) is 10.6 Å². The van der Waals surface area contributed by atoms with E-state index in [0.717, 1.165) is 19.4 Å². The highest BCUT2D eigenvalue weighted by Crippen LogP contribution is 2.14. The molecule has 1 aliphatic rings. The monoisotopic (exact) mass is 284 g/mol. The second kappa shape index (κ2) is 9.35.